The van der Waals surface area contributed by atoms with Gasteiger partial charge in [0.05, 0.1) is 10.6 Å². The molecule has 28 heavy (non-hydrogen) atoms. The number of benzene rings is 3. The number of fused-ring (bicyclic) bond motifs is 1. The van der Waals surface area contributed by atoms with Crippen molar-refractivity contribution in [2.24, 2.45) is 0 Å². The molecule has 0 radical (unpaired) electrons. The van der Waals surface area contributed by atoms with Gasteiger partial charge in [0.15, 0.2) is 6.23 Å². The van der Waals surface area contributed by atoms with Crippen LogP contribution in [0, 0.1) is 10.1 Å². The molecule has 0 fully saturated rings. The average Bonchev–Trinajstić information content (AvgIpc) is 3.03. The van der Waals surface area contributed by atoms with Crippen molar-refractivity contribution < 1.29 is 10.0 Å². The van der Waals surface area contributed by atoms with Crippen LogP contribution in [0.1, 0.15) is 11.1 Å². The Kier molecular flexibility index (Phi) is 4.73. The minimum atomic E-state index is -1.01. The molecule has 3 N–H and O–H groups in total. The molecule has 7 heteroatoms. The van der Waals surface area contributed by atoms with Gasteiger partial charge < -0.3 is 15.7 Å². The number of rotatable bonds is 4. The number of non-ortho nitro benzene ring substituents is 1. The largest absolute Gasteiger partial charge is 0.369 e. The highest BCUT2D eigenvalue weighted by Crippen LogP contribution is 2.41. The predicted octanol–water partition coefficient (Wildman–Crippen LogP) is 4.97. The van der Waals surface area contributed by atoms with E-state index in [0.717, 1.165) is 11.3 Å². The molecule has 0 amide bonds. The number of aliphatic hydroxyl groups is 1. The standard InChI is InChI=1S/C21H16ClN3O3/c22-14-6-8-15(9-7-14)23-20(13-4-2-1-3-5-13)19-17-12-16(25(27)28)10-11-18(17)24-21(19)26/h1-12,21,23-24,26H/b20-19-. The summed E-state index contributed by atoms with van der Waals surface area (Å²) in [6, 6.07) is 21.2. The molecule has 1 heterocycles. The van der Waals surface area contributed by atoms with Crippen molar-refractivity contribution in [3.63, 3.8) is 0 Å². The van der Waals surface area contributed by atoms with E-state index in [2.05, 4.69) is 10.6 Å². The van der Waals surface area contributed by atoms with Crippen LogP contribution in [-0.4, -0.2) is 16.3 Å². The van der Waals surface area contributed by atoms with Gasteiger partial charge >= 0.3 is 0 Å². The van der Waals surface area contributed by atoms with Crippen LogP contribution in [-0.2, 0) is 0 Å². The average molecular weight is 394 g/mol. The molecule has 3 aromatic carbocycles. The Bertz CT molecular complexity index is 1070. The summed E-state index contributed by atoms with van der Waals surface area (Å²) in [5, 5.41) is 28.8. The van der Waals surface area contributed by atoms with Crippen molar-refractivity contribution in [1.82, 2.24) is 0 Å². The zero-order chi connectivity index (χ0) is 19.7. The summed E-state index contributed by atoms with van der Waals surface area (Å²) in [6.07, 6.45) is -1.01. The highest BCUT2D eigenvalue weighted by Gasteiger charge is 2.30. The van der Waals surface area contributed by atoms with Crippen molar-refractivity contribution in [1.29, 1.82) is 0 Å². The number of aliphatic hydroxyl groups excluding tert-OH is 1. The summed E-state index contributed by atoms with van der Waals surface area (Å²) >= 11 is 5.98. The van der Waals surface area contributed by atoms with Gasteiger partial charge in [0.25, 0.3) is 5.69 Å². The first-order valence-electron chi connectivity index (χ1n) is 8.58. The van der Waals surface area contributed by atoms with Gasteiger partial charge in [0.2, 0.25) is 0 Å². The van der Waals surface area contributed by atoms with Crippen LogP contribution >= 0.6 is 11.6 Å². The van der Waals surface area contributed by atoms with E-state index in [1.54, 1.807) is 18.2 Å². The first kappa shape index (κ1) is 18.0. The fraction of sp³-hybridized carbons (Fsp3) is 0.0476. The molecule has 1 aliphatic heterocycles. The van der Waals surface area contributed by atoms with Crippen LogP contribution in [0.3, 0.4) is 0 Å². The number of hydrogen-bond donors (Lipinski definition) is 3. The third-order valence-electron chi connectivity index (χ3n) is 4.52. The lowest BCUT2D eigenvalue weighted by Crippen LogP contribution is -2.16. The maximum Gasteiger partial charge on any atom is 0.270 e. The van der Waals surface area contributed by atoms with Crippen LogP contribution < -0.4 is 10.6 Å². The van der Waals surface area contributed by atoms with Gasteiger partial charge in [0, 0.05) is 39.7 Å². The Hall–Kier alpha value is -3.35. The zero-order valence-electron chi connectivity index (χ0n) is 14.6. The van der Waals surface area contributed by atoms with Gasteiger partial charge in [-0.3, -0.25) is 10.1 Å². The molecular weight excluding hydrogens is 378 g/mol. The third kappa shape index (κ3) is 3.43. The van der Waals surface area contributed by atoms with Gasteiger partial charge in [-0.1, -0.05) is 41.9 Å². The van der Waals surface area contributed by atoms with Crippen molar-refractivity contribution in [3.05, 3.63) is 99.1 Å². The second-order valence-corrected chi connectivity index (χ2v) is 6.76. The van der Waals surface area contributed by atoms with Crippen molar-refractivity contribution >= 4 is 39.9 Å². The fourth-order valence-electron chi connectivity index (χ4n) is 3.21. The molecule has 6 nitrogen and oxygen atoms in total. The quantitative estimate of drug-likeness (QED) is 0.430. The van der Waals surface area contributed by atoms with E-state index in [4.69, 9.17) is 11.6 Å². The summed E-state index contributed by atoms with van der Waals surface area (Å²) in [5.41, 5.74) is 4.00. The minimum absolute atomic E-state index is 0.0361. The highest BCUT2D eigenvalue weighted by atomic mass is 35.5. The normalized spacial score (nSPS) is 16.9. The molecular formula is C21H16ClN3O3. The third-order valence-corrected chi connectivity index (χ3v) is 4.77. The van der Waals surface area contributed by atoms with Gasteiger partial charge in [-0.25, -0.2) is 0 Å². The molecule has 3 aromatic rings. The summed E-state index contributed by atoms with van der Waals surface area (Å²) in [5.74, 6) is 0. The summed E-state index contributed by atoms with van der Waals surface area (Å²) < 4.78 is 0. The molecule has 0 bridgehead atoms. The first-order chi connectivity index (χ1) is 13.5. The molecule has 0 saturated heterocycles. The molecule has 140 valence electrons. The van der Waals surface area contributed by atoms with E-state index >= 15 is 0 Å². The summed E-state index contributed by atoms with van der Waals surface area (Å²) in [7, 11) is 0. The predicted molar refractivity (Wildman–Crippen MR) is 111 cm³/mol. The van der Waals surface area contributed by atoms with E-state index < -0.39 is 11.2 Å². The van der Waals surface area contributed by atoms with Crippen LogP contribution in [0.2, 0.25) is 5.02 Å². The number of hydrogen-bond acceptors (Lipinski definition) is 5. The number of nitrogens with zero attached hydrogens (tertiary/aromatic N) is 1. The number of halogens is 1. The number of nitro benzene ring substituents is 1. The topological polar surface area (TPSA) is 87.4 Å². The second-order valence-electron chi connectivity index (χ2n) is 6.32. The maximum absolute atomic E-state index is 11.2. The van der Waals surface area contributed by atoms with Gasteiger partial charge in [-0.15, -0.1) is 0 Å². The van der Waals surface area contributed by atoms with Gasteiger partial charge in [0.1, 0.15) is 0 Å². The van der Waals surface area contributed by atoms with Crippen molar-refractivity contribution in [3.8, 4) is 0 Å². The number of nitrogens with one attached hydrogen (secondary N) is 2. The zero-order valence-corrected chi connectivity index (χ0v) is 15.4. The Morgan fingerprint density at radius 2 is 1.79 bits per heavy atom. The van der Waals surface area contributed by atoms with Gasteiger partial charge in [-0.05, 0) is 35.9 Å². The Balaban J connectivity index is 1.90. The lowest BCUT2D eigenvalue weighted by atomic mass is 9.99. The van der Waals surface area contributed by atoms with E-state index in [1.807, 2.05) is 42.5 Å². The van der Waals surface area contributed by atoms with Crippen molar-refractivity contribution in [2.75, 3.05) is 10.6 Å². The first-order valence-corrected chi connectivity index (χ1v) is 8.96. The number of anilines is 2. The Morgan fingerprint density at radius 1 is 1.07 bits per heavy atom. The van der Waals surface area contributed by atoms with Crippen LogP contribution in [0.15, 0.2) is 72.8 Å². The monoisotopic (exact) mass is 393 g/mol. The van der Waals surface area contributed by atoms with Crippen molar-refractivity contribution in [2.45, 2.75) is 6.23 Å². The smallest absolute Gasteiger partial charge is 0.270 e. The van der Waals surface area contributed by atoms with E-state index in [0.29, 0.717) is 27.5 Å². The summed E-state index contributed by atoms with van der Waals surface area (Å²) in [4.78, 5) is 10.8. The van der Waals surface area contributed by atoms with E-state index in [-0.39, 0.29) is 5.69 Å². The lowest BCUT2D eigenvalue weighted by molar-refractivity contribution is -0.384. The fourth-order valence-corrected chi connectivity index (χ4v) is 3.34. The molecule has 1 unspecified atom stereocenters. The Labute approximate surface area is 166 Å². The van der Waals surface area contributed by atoms with Crippen LogP contribution in [0.4, 0.5) is 17.1 Å². The molecule has 4 rings (SSSR count). The lowest BCUT2D eigenvalue weighted by Gasteiger charge is -2.17. The van der Waals surface area contributed by atoms with Gasteiger partial charge in [-0.2, -0.15) is 0 Å². The molecule has 0 aliphatic carbocycles. The maximum atomic E-state index is 11.2. The number of nitro groups is 1. The van der Waals surface area contributed by atoms with Crippen LogP contribution in [0.25, 0.3) is 11.3 Å². The van der Waals surface area contributed by atoms with Crippen LogP contribution in [0.5, 0.6) is 0 Å². The molecule has 1 aliphatic rings. The summed E-state index contributed by atoms with van der Waals surface area (Å²) in [6.45, 7) is 0. The molecule has 1 atom stereocenters. The molecule has 0 saturated carbocycles. The SMILES string of the molecule is O=[N+]([O-])c1ccc2c(c1)/C(=C(/Nc1ccc(Cl)cc1)c1ccccc1)C(O)N2. The Morgan fingerprint density at radius 3 is 2.46 bits per heavy atom. The molecule has 0 aromatic heterocycles. The molecule has 0 spiro atoms. The second kappa shape index (κ2) is 7.34. The van der Waals surface area contributed by atoms with E-state index in [1.165, 1.54) is 12.1 Å². The minimum Gasteiger partial charge on any atom is -0.369 e. The van der Waals surface area contributed by atoms with E-state index in [9.17, 15) is 15.2 Å². The highest BCUT2D eigenvalue weighted by molar-refractivity contribution is 6.30.